The summed E-state index contributed by atoms with van der Waals surface area (Å²) < 4.78 is 33.2. The molecule has 1 aromatic heterocycles. The SMILES string of the molecule is COc1ccc(S(=O)(=O)Nc2ccc(Nc3cc(N4CCCC4)nc(C)n3)cc2)cc1C(N)=O. The maximum absolute atomic E-state index is 12.8. The number of nitrogens with one attached hydrogen (secondary N) is 2. The average molecular weight is 483 g/mol. The molecule has 2 aromatic carbocycles. The number of carbonyl (C=O) groups is 1. The van der Waals surface area contributed by atoms with Gasteiger partial charge < -0.3 is 20.7 Å². The molecule has 0 spiro atoms. The van der Waals surface area contributed by atoms with E-state index in [2.05, 4.69) is 24.9 Å². The van der Waals surface area contributed by atoms with Gasteiger partial charge in [0.05, 0.1) is 17.6 Å². The highest BCUT2D eigenvalue weighted by Crippen LogP contribution is 2.26. The fourth-order valence-corrected chi connectivity index (χ4v) is 4.84. The Bertz CT molecular complexity index is 1310. The molecule has 4 N–H and O–H groups in total. The number of sulfonamides is 1. The fraction of sp³-hybridized carbons (Fsp3) is 0.261. The third-order valence-corrected chi connectivity index (χ3v) is 6.79. The summed E-state index contributed by atoms with van der Waals surface area (Å²) in [7, 11) is -2.57. The van der Waals surface area contributed by atoms with Crippen molar-refractivity contribution in [2.75, 3.05) is 35.1 Å². The molecule has 1 saturated heterocycles. The van der Waals surface area contributed by atoms with Crippen LogP contribution in [0.3, 0.4) is 0 Å². The van der Waals surface area contributed by atoms with Gasteiger partial charge in [0.2, 0.25) is 0 Å². The number of aryl methyl sites for hydroxylation is 1. The van der Waals surface area contributed by atoms with Crippen LogP contribution in [0.5, 0.6) is 5.75 Å². The number of benzene rings is 2. The zero-order chi connectivity index (χ0) is 24.3. The molecular weight excluding hydrogens is 456 g/mol. The first-order chi connectivity index (χ1) is 16.2. The highest BCUT2D eigenvalue weighted by molar-refractivity contribution is 7.92. The first kappa shape index (κ1) is 23.3. The van der Waals surface area contributed by atoms with Gasteiger partial charge in [-0.05, 0) is 62.2 Å². The number of rotatable bonds is 8. The number of anilines is 4. The minimum Gasteiger partial charge on any atom is -0.496 e. The molecule has 1 aliphatic rings. The van der Waals surface area contributed by atoms with Crippen molar-refractivity contribution in [3.8, 4) is 5.75 Å². The van der Waals surface area contributed by atoms with E-state index in [4.69, 9.17) is 10.5 Å². The van der Waals surface area contributed by atoms with Crippen LogP contribution in [0, 0.1) is 6.92 Å². The third-order valence-electron chi connectivity index (χ3n) is 5.41. The quantitative estimate of drug-likeness (QED) is 0.445. The molecule has 0 saturated carbocycles. The van der Waals surface area contributed by atoms with Crippen molar-refractivity contribution in [1.29, 1.82) is 0 Å². The van der Waals surface area contributed by atoms with Crippen LogP contribution >= 0.6 is 0 Å². The molecule has 0 atom stereocenters. The number of ether oxygens (including phenoxy) is 1. The Morgan fingerprint density at radius 1 is 1.03 bits per heavy atom. The summed E-state index contributed by atoms with van der Waals surface area (Å²) in [6.45, 7) is 3.82. The van der Waals surface area contributed by atoms with Gasteiger partial charge in [-0.3, -0.25) is 9.52 Å². The minimum absolute atomic E-state index is 0.0154. The van der Waals surface area contributed by atoms with E-state index in [-0.39, 0.29) is 16.2 Å². The van der Waals surface area contributed by atoms with E-state index in [1.807, 2.05) is 13.0 Å². The van der Waals surface area contributed by atoms with Gasteiger partial charge in [-0.2, -0.15) is 0 Å². The molecule has 1 aliphatic heterocycles. The van der Waals surface area contributed by atoms with Crippen LogP contribution in [0.25, 0.3) is 0 Å². The highest BCUT2D eigenvalue weighted by atomic mass is 32.2. The predicted octanol–water partition coefficient (Wildman–Crippen LogP) is 3.04. The molecule has 178 valence electrons. The molecule has 34 heavy (non-hydrogen) atoms. The Morgan fingerprint density at radius 2 is 1.71 bits per heavy atom. The van der Waals surface area contributed by atoms with Crippen LogP contribution < -0.4 is 25.4 Å². The van der Waals surface area contributed by atoms with Crippen molar-refractivity contribution in [1.82, 2.24) is 9.97 Å². The second-order valence-electron chi connectivity index (χ2n) is 7.89. The molecule has 11 heteroatoms. The summed E-state index contributed by atoms with van der Waals surface area (Å²) in [6.07, 6.45) is 2.31. The predicted molar refractivity (Wildman–Crippen MR) is 130 cm³/mol. The number of nitrogens with two attached hydrogens (primary N) is 1. The summed E-state index contributed by atoms with van der Waals surface area (Å²) in [4.78, 5) is 22.7. The van der Waals surface area contributed by atoms with Gasteiger partial charge in [0.1, 0.15) is 23.2 Å². The molecule has 2 heterocycles. The van der Waals surface area contributed by atoms with E-state index in [1.165, 1.54) is 25.3 Å². The zero-order valence-corrected chi connectivity index (χ0v) is 19.7. The number of hydrogen-bond donors (Lipinski definition) is 3. The normalized spacial score (nSPS) is 13.5. The van der Waals surface area contributed by atoms with E-state index in [0.29, 0.717) is 17.3 Å². The van der Waals surface area contributed by atoms with Crippen molar-refractivity contribution >= 4 is 38.9 Å². The standard InChI is InChI=1S/C23H26N6O4S/c1-15-25-21(14-22(26-15)29-11-3-4-12-29)27-16-5-7-17(8-6-16)28-34(31,32)18-9-10-20(33-2)19(13-18)23(24)30/h5-10,13-14,28H,3-4,11-12H2,1-2H3,(H2,24,30)(H,25,26,27). The number of nitrogens with zero attached hydrogens (tertiary/aromatic N) is 3. The lowest BCUT2D eigenvalue weighted by Crippen LogP contribution is -2.19. The topological polar surface area (TPSA) is 140 Å². The molecule has 0 bridgehead atoms. The lowest BCUT2D eigenvalue weighted by Gasteiger charge is -2.18. The lowest BCUT2D eigenvalue weighted by molar-refractivity contribution is 0.0997. The van der Waals surface area contributed by atoms with Crippen molar-refractivity contribution < 1.29 is 17.9 Å². The fourth-order valence-electron chi connectivity index (χ4n) is 3.75. The van der Waals surface area contributed by atoms with Gasteiger partial charge in [-0.15, -0.1) is 0 Å². The van der Waals surface area contributed by atoms with Gasteiger partial charge in [0.15, 0.2) is 0 Å². The number of amides is 1. The first-order valence-electron chi connectivity index (χ1n) is 10.7. The summed E-state index contributed by atoms with van der Waals surface area (Å²) in [5, 5.41) is 3.24. The lowest BCUT2D eigenvalue weighted by atomic mass is 10.2. The van der Waals surface area contributed by atoms with E-state index in [0.717, 1.165) is 37.4 Å². The molecule has 0 unspecified atom stereocenters. The van der Waals surface area contributed by atoms with Crippen LogP contribution in [-0.2, 0) is 10.0 Å². The maximum atomic E-state index is 12.8. The van der Waals surface area contributed by atoms with Crippen LogP contribution in [0.1, 0.15) is 29.0 Å². The van der Waals surface area contributed by atoms with E-state index in [9.17, 15) is 13.2 Å². The van der Waals surface area contributed by atoms with E-state index >= 15 is 0 Å². The third kappa shape index (κ3) is 5.20. The second kappa shape index (κ2) is 9.56. The molecule has 4 rings (SSSR count). The second-order valence-corrected chi connectivity index (χ2v) is 9.57. The summed E-state index contributed by atoms with van der Waals surface area (Å²) >= 11 is 0. The zero-order valence-electron chi connectivity index (χ0n) is 18.9. The molecule has 1 amide bonds. The van der Waals surface area contributed by atoms with Crippen molar-refractivity contribution in [2.45, 2.75) is 24.7 Å². The Balaban J connectivity index is 1.49. The molecule has 3 aromatic rings. The van der Waals surface area contributed by atoms with Gasteiger partial charge >= 0.3 is 0 Å². The smallest absolute Gasteiger partial charge is 0.261 e. The monoisotopic (exact) mass is 482 g/mol. The van der Waals surface area contributed by atoms with Crippen LogP contribution in [0.15, 0.2) is 53.4 Å². The van der Waals surface area contributed by atoms with E-state index < -0.39 is 15.9 Å². The number of aromatic nitrogens is 2. The largest absolute Gasteiger partial charge is 0.496 e. The summed E-state index contributed by atoms with van der Waals surface area (Å²) in [5.41, 5.74) is 6.42. The highest BCUT2D eigenvalue weighted by Gasteiger charge is 2.19. The average Bonchev–Trinajstić information content (AvgIpc) is 3.34. The van der Waals surface area contributed by atoms with Gasteiger partial charge in [0.25, 0.3) is 15.9 Å². The molecular formula is C23H26N6O4S. The summed E-state index contributed by atoms with van der Waals surface area (Å²) in [6, 6.07) is 12.6. The molecule has 0 aliphatic carbocycles. The molecule has 10 nitrogen and oxygen atoms in total. The van der Waals surface area contributed by atoms with Crippen LogP contribution in [0.4, 0.5) is 23.0 Å². The molecule has 0 radical (unpaired) electrons. The van der Waals surface area contributed by atoms with Crippen molar-refractivity contribution in [3.63, 3.8) is 0 Å². The Morgan fingerprint density at radius 3 is 2.35 bits per heavy atom. The number of hydrogen-bond acceptors (Lipinski definition) is 8. The van der Waals surface area contributed by atoms with Crippen molar-refractivity contribution in [3.05, 3.63) is 59.9 Å². The maximum Gasteiger partial charge on any atom is 0.261 e. The van der Waals surface area contributed by atoms with Gasteiger partial charge in [0, 0.05) is 30.5 Å². The van der Waals surface area contributed by atoms with Crippen LogP contribution in [-0.4, -0.2) is 44.5 Å². The number of methoxy groups -OCH3 is 1. The van der Waals surface area contributed by atoms with Gasteiger partial charge in [-0.25, -0.2) is 18.4 Å². The van der Waals surface area contributed by atoms with Crippen molar-refractivity contribution in [2.24, 2.45) is 5.73 Å². The van der Waals surface area contributed by atoms with E-state index in [1.54, 1.807) is 24.3 Å². The summed E-state index contributed by atoms with van der Waals surface area (Å²) in [5.74, 6) is 1.66. The number of primary amides is 1. The number of carbonyl (C=O) groups excluding carboxylic acids is 1. The molecule has 1 fully saturated rings. The van der Waals surface area contributed by atoms with Gasteiger partial charge in [-0.1, -0.05) is 0 Å². The Labute approximate surface area is 198 Å². The Kier molecular flexibility index (Phi) is 6.55. The first-order valence-corrected chi connectivity index (χ1v) is 12.2. The minimum atomic E-state index is -3.95. The Hall–Kier alpha value is -3.86. The van der Waals surface area contributed by atoms with Crippen LogP contribution in [0.2, 0.25) is 0 Å².